The van der Waals surface area contributed by atoms with Gasteiger partial charge >= 0.3 is 0 Å². The Hall–Kier alpha value is -0.170. The zero-order valence-corrected chi connectivity index (χ0v) is 4.86. The lowest BCUT2D eigenvalue weighted by Crippen LogP contribution is -2.10. The first kappa shape index (κ1) is 4.98. The molecule has 0 bridgehead atoms. The number of nitrogens with zero attached hydrogens (tertiary/aromatic N) is 1. The van der Waals surface area contributed by atoms with Crippen molar-refractivity contribution in [3.05, 3.63) is 12.3 Å². The molecule has 0 saturated heterocycles. The summed E-state index contributed by atoms with van der Waals surface area (Å²) in [5.41, 5.74) is 0. The lowest BCUT2D eigenvalue weighted by atomic mass is 10.5. The number of halogens is 1. The molecule has 0 aliphatic carbocycles. The highest BCUT2D eigenvalue weighted by Crippen LogP contribution is 2.03. The molecule has 0 atom stereocenters. The molecule has 0 aromatic heterocycles. The predicted molar refractivity (Wildman–Crippen MR) is 31.2 cm³/mol. The van der Waals surface area contributed by atoms with E-state index in [1.807, 2.05) is 6.20 Å². The zero-order chi connectivity index (χ0) is 5.11. The summed E-state index contributed by atoms with van der Waals surface area (Å²) in [4.78, 5) is 2.07. The Balaban J connectivity index is 2.28. The molecule has 1 heterocycles. The van der Waals surface area contributed by atoms with E-state index in [4.69, 9.17) is 11.6 Å². The van der Waals surface area contributed by atoms with Crippen LogP contribution >= 0.6 is 11.6 Å². The van der Waals surface area contributed by atoms with Gasteiger partial charge in [-0.05, 0) is 12.6 Å². The van der Waals surface area contributed by atoms with Crippen molar-refractivity contribution < 1.29 is 0 Å². The maximum Gasteiger partial charge on any atom is 0.0923 e. The number of hydrogen-bond acceptors (Lipinski definition) is 1. The molecule has 40 valence electrons. The molecule has 1 nitrogen and oxygen atoms in total. The fraction of sp³-hybridized carbons (Fsp3) is 0.600. The lowest BCUT2D eigenvalue weighted by Gasteiger charge is -2.07. The van der Waals surface area contributed by atoms with Gasteiger partial charge in [-0.1, -0.05) is 6.08 Å². The largest absolute Gasteiger partial charge is 0.364 e. The van der Waals surface area contributed by atoms with Crippen LogP contribution in [0.3, 0.4) is 0 Å². The first-order chi connectivity index (χ1) is 3.43. The molecular weight excluding hydrogens is 110 g/mol. The van der Waals surface area contributed by atoms with Gasteiger partial charge in [0.1, 0.15) is 0 Å². The molecule has 0 aromatic rings. The second kappa shape index (κ2) is 2.22. The first-order valence-corrected chi connectivity index (χ1v) is 2.93. The first-order valence-electron chi connectivity index (χ1n) is 2.40. The monoisotopic (exact) mass is 117 g/mol. The summed E-state index contributed by atoms with van der Waals surface area (Å²) in [6, 6.07) is 0.635. The third-order valence-electron chi connectivity index (χ3n) is 1.05. The molecule has 0 spiro atoms. The topological polar surface area (TPSA) is 3.24 Å². The summed E-state index contributed by atoms with van der Waals surface area (Å²) in [5, 5.41) is 0. The maximum absolute atomic E-state index is 5.48. The fourth-order valence-electron chi connectivity index (χ4n) is 0.638. The molecule has 7 heavy (non-hydrogen) atoms. The van der Waals surface area contributed by atoms with Crippen molar-refractivity contribution in [2.45, 2.75) is 6.42 Å². The summed E-state index contributed by atoms with van der Waals surface area (Å²) in [5.74, 6) is 0. The van der Waals surface area contributed by atoms with Gasteiger partial charge in [0, 0.05) is 6.54 Å². The molecule has 1 aliphatic heterocycles. The van der Waals surface area contributed by atoms with Gasteiger partial charge in [-0.25, -0.2) is 0 Å². The van der Waals surface area contributed by atoms with Crippen LogP contribution in [0.4, 0.5) is 0 Å². The molecule has 1 aliphatic rings. The average Bonchev–Trinajstić information content (AvgIpc) is 2.14. The molecule has 0 fully saturated rings. The van der Waals surface area contributed by atoms with Crippen LogP contribution in [0.5, 0.6) is 0 Å². The van der Waals surface area contributed by atoms with Crippen LogP contribution in [0.15, 0.2) is 12.3 Å². The minimum atomic E-state index is 0.635. The molecular formula is C5H8ClN. The van der Waals surface area contributed by atoms with Crippen LogP contribution < -0.4 is 0 Å². The Morgan fingerprint density at radius 3 is 2.86 bits per heavy atom. The summed E-state index contributed by atoms with van der Waals surface area (Å²) in [7, 11) is 0. The van der Waals surface area contributed by atoms with Crippen LogP contribution in [-0.2, 0) is 0 Å². The van der Waals surface area contributed by atoms with Crippen molar-refractivity contribution in [3.8, 4) is 0 Å². The van der Waals surface area contributed by atoms with Gasteiger partial charge in [-0.2, -0.15) is 0 Å². The Morgan fingerprint density at radius 2 is 2.57 bits per heavy atom. The van der Waals surface area contributed by atoms with Crippen LogP contribution in [0.25, 0.3) is 0 Å². The van der Waals surface area contributed by atoms with Crippen molar-refractivity contribution >= 4 is 11.6 Å². The van der Waals surface area contributed by atoms with E-state index in [0.717, 1.165) is 13.0 Å². The second-order valence-electron chi connectivity index (χ2n) is 1.61. The smallest absolute Gasteiger partial charge is 0.0923 e. The number of alkyl halides is 1. The quantitative estimate of drug-likeness (QED) is 0.371. The molecule has 0 aromatic carbocycles. The van der Waals surface area contributed by atoms with Crippen LogP contribution in [0.2, 0.25) is 0 Å². The lowest BCUT2D eigenvalue weighted by molar-refractivity contribution is 0.473. The highest BCUT2D eigenvalue weighted by molar-refractivity contribution is 6.17. The van der Waals surface area contributed by atoms with E-state index in [2.05, 4.69) is 11.0 Å². The predicted octanol–water partition coefficient (Wildman–Crippen LogP) is 1.40. The standard InChI is InChI=1S/C5H8ClN/c6-5-7-3-1-2-4-7/h1,3H,2,4-5H2. The maximum atomic E-state index is 5.48. The Labute approximate surface area is 48.6 Å². The number of hydrogen-bond donors (Lipinski definition) is 0. The third-order valence-corrected chi connectivity index (χ3v) is 1.36. The summed E-state index contributed by atoms with van der Waals surface area (Å²) < 4.78 is 0. The van der Waals surface area contributed by atoms with E-state index in [1.54, 1.807) is 0 Å². The normalized spacial score (nSPS) is 18.7. The third kappa shape index (κ3) is 1.10. The van der Waals surface area contributed by atoms with E-state index in [1.165, 1.54) is 0 Å². The van der Waals surface area contributed by atoms with Gasteiger partial charge in [0.2, 0.25) is 0 Å². The van der Waals surface area contributed by atoms with Crippen molar-refractivity contribution in [3.63, 3.8) is 0 Å². The van der Waals surface area contributed by atoms with Gasteiger partial charge in [0.25, 0.3) is 0 Å². The van der Waals surface area contributed by atoms with Gasteiger partial charge in [0.05, 0.1) is 6.00 Å². The van der Waals surface area contributed by atoms with Crippen LogP contribution in [0, 0.1) is 0 Å². The fourth-order valence-corrected chi connectivity index (χ4v) is 0.837. The zero-order valence-electron chi connectivity index (χ0n) is 4.10. The Bertz CT molecular complexity index is 80.1. The minimum Gasteiger partial charge on any atom is -0.364 e. The Kier molecular flexibility index (Phi) is 1.58. The van der Waals surface area contributed by atoms with Crippen LogP contribution in [0.1, 0.15) is 6.42 Å². The van der Waals surface area contributed by atoms with Crippen LogP contribution in [-0.4, -0.2) is 17.4 Å². The second-order valence-corrected chi connectivity index (χ2v) is 1.84. The molecule has 1 rings (SSSR count). The van der Waals surface area contributed by atoms with Crippen molar-refractivity contribution in [1.29, 1.82) is 0 Å². The molecule has 0 radical (unpaired) electrons. The van der Waals surface area contributed by atoms with E-state index < -0.39 is 0 Å². The molecule has 0 N–H and O–H groups in total. The molecule has 0 unspecified atom stereocenters. The van der Waals surface area contributed by atoms with E-state index in [0.29, 0.717) is 6.00 Å². The average molecular weight is 118 g/mol. The van der Waals surface area contributed by atoms with E-state index in [-0.39, 0.29) is 0 Å². The van der Waals surface area contributed by atoms with Gasteiger partial charge < -0.3 is 4.90 Å². The van der Waals surface area contributed by atoms with Gasteiger partial charge in [-0.3, -0.25) is 0 Å². The van der Waals surface area contributed by atoms with Crippen molar-refractivity contribution in [1.82, 2.24) is 4.90 Å². The number of rotatable bonds is 1. The molecule has 0 amide bonds. The SMILES string of the molecule is ClCN1C=CCC1. The van der Waals surface area contributed by atoms with E-state index >= 15 is 0 Å². The van der Waals surface area contributed by atoms with Crippen molar-refractivity contribution in [2.75, 3.05) is 12.5 Å². The van der Waals surface area contributed by atoms with E-state index in [9.17, 15) is 0 Å². The highest BCUT2D eigenvalue weighted by atomic mass is 35.5. The Morgan fingerprint density at radius 1 is 1.71 bits per heavy atom. The van der Waals surface area contributed by atoms with Gasteiger partial charge in [0.15, 0.2) is 0 Å². The van der Waals surface area contributed by atoms with Gasteiger partial charge in [-0.15, -0.1) is 11.6 Å². The highest BCUT2D eigenvalue weighted by Gasteiger charge is 1.98. The molecule has 2 heteroatoms. The molecule has 0 saturated carbocycles. The van der Waals surface area contributed by atoms with Crippen molar-refractivity contribution in [2.24, 2.45) is 0 Å². The summed E-state index contributed by atoms with van der Waals surface area (Å²) in [6.07, 6.45) is 5.32. The summed E-state index contributed by atoms with van der Waals surface area (Å²) >= 11 is 5.48. The summed E-state index contributed by atoms with van der Waals surface area (Å²) in [6.45, 7) is 1.10. The minimum absolute atomic E-state index is 0.635.